The van der Waals surface area contributed by atoms with Crippen LogP contribution in [0, 0.1) is 23.6 Å². The molecule has 4 rings (SSSR count). The smallest absolute Gasteiger partial charge is 0.317 e. The molecule has 0 aliphatic carbocycles. The molecule has 40 heavy (non-hydrogen) atoms. The maximum absolute atomic E-state index is 14.5. The molecule has 0 saturated heterocycles. The van der Waals surface area contributed by atoms with Crippen LogP contribution < -0.4 is 24.6 Å². The molecule has 2 aromatic rings. The number of nitrogens with one attached hydrogen (secondary N) is 1. The van der Waals surface area contributed by atoms with Gasteiger partial charge in [-0.05, 0) is 22.4 Å². The molecule has 1 unspecified atom stereocenters. The molecule has 3 heterocycles. The van der Waals surface area contributed by atoms with Gasteiger partial charge in [0.25, 0.3) is 5.91 Å². The summed E-state index contributed by atoms with van der Waals surface area (Å²) >= 11 is 1.24. The molecule has 1 atom stereocenters. The zero-order chi connectivity index (χ0) is 30.3. The highest BCUT2D eigenvalue weighted by Gasteiger charge is 2.31. The fourth-order valence-corrected chi connectivity index (χ4v) is 4.70. The van der Waals surface area contributed by atoms with Crippen LogP contribution in [0.1, 0.15) is 19.7 Å². The quantitative estimate of drug-likeness (QED) is 0.242. The summed E-state index contributed by atoms with van der Waals surface area (Å²) in [5, 5.41) is 9.97. The van der Waals surface area contributed by atoms with Gasteiger partial charge in [0, 0.05) is 30.6 Å². The Morgan fingerprint density at radius 2 is 2.08 bits per heavy atom. The van der Waals surface area contributed by atoms with Crippen molar-refractivity contribution in [3.05, 3.63) is 28.6 Å². The molecule has 1 aromatic carbocycles. The van der Waals surface area contributed by atoms with Gasteiger partial charge in [0.2, 0.25) is 4.80 Å². The number of carbonyl (C=O) groups excluding carboxylic acids is 1. The van der Waals surface area contributed by atoms with E-state index in [9.17, 15) is 23.4 Å². The summed E-state index contributed by atoms with van der Waals surface area (Å²) in [6, 6.07) is 2.76. The van der Waals surface area contributed by atoms with Crippen LogP contribution in [0.2, 0.25) is 0 Å². The van der Waals surface area contributed by atoms with E-state index in [1.165, 1.54) is 28.6 Å². The number of ether oxygens (including phenoxy) is 1. The third kappa shape index (κ3) is 10.3. The average Bonchev–Trinajstić information content (AvgIpc) is 3.31. The van der Waals surface area contributed by atoms with Crippen LogP contribution in [0.5, 0.6) is 5.75 Å². The summed E-state index contributed by atoms with van der Waals surface area (Å²) in [5.74, 6) is 1.75. The van der Waals surface area contributed by atoms with Crippen LogP contribution in [-0.4, -0.2) is 75.6 Å². The Balaban J connectivity index is 0.000000335. The van der Waals surface area contributed by atoms with Crippen LogP contribution in [0.3, 0.4) is 0 Å². The largest absolute Gasteiger partial charge is 0.778 e. The molecule has 12 nitrogen and oxygen atoms in total. The zero-order valence-corrected chi connectivity index (χ0v) is 25.4. The Hall–Kier alpha value is -2.73. The van der Waals surface area contributed by atoms with Crippen molar-refractivity contribution in [2.24, 2.45) is 10.4 Å². The Labute approximate surface area is 239 Å². The number of carboxylic acid groups (broad SMARTS) is 1. The van der Waals surface area contributed by atoms with Crippen LogP contribution in [0.25, 0.3) is 0 Å². The minimum Gasteiger partial charge on any atom is -0.778 e. The standard InChI is InChI=1S/C18H17FN4O2S.C3H8NO5P.C3H9S/c1-4-5-22-13-7-12(11(19)6-14(13)25-9-16(22)24)20-17-23-10-18(2,3)8-15(23)21-26-17;5-3(6)1-4-2-10(7,8)9;1-4(2)3/h1,6-7H,5,8-10H2,2-3H3;4H,1-2H2,(H,5,6)(H2,7,8,9);1-3H3/q;;+1/p-1/b20-17-;;. The topological polar surface area (TPSA) is 169 Å². The van der Waals surface area contributed by atoms with Gasteiger partial charge < -0.3 is 28.8 Å². The summed E-state index contributed by atoms with van der Waals surface area (Å²) in [6.07, 6.45) is 12.1. The van der Waals surface area contributed by atoms with Gasteiger partial charge in [0.1, 0.15) is 24.9 Å². The van der Waals surface area contributed by atoms with Crippen LogP contribution >= 0.6 is 19.1 Å². The van der Waals surface area contributed by atoms with Crippen molar-refractivity contribution < 1.29 is 38.2 Å². The number of halogens is 1. The van der Waals surface area contributed by atoms with Gasteiger partial charge in [-0.2, -0.15) is 4.37 Å². The van der Waals surface area contributed by atoms with E-state index in [2.05, 4.69) is 47.9 Å². The van der Waals surface area contributed by atoms with E-state index in [4.69, 9.17) is 21.2 Å². The fourth-order valence-electron chi connectivity index (χ4n) is 3.55. The summed E-state index contributed by atoms with van der Waals surface area (Å²) in [5.41, 5.74) is 0.678. The molecule has 3 N–H and O–H groups in total. The number of nitrogens with zero attached hydrogens (tertiary/aromatic N) is 4. The van der Waals surface area contributed by atoms with Crippen LogP contribution in [0.15, 0.2) is 17.1 Å². The maximum Gasteiger partial charge on any atom is 0.317 e. The number of hydrogen-bond acceptors (Lipinski definition) is 9. The summed E-state index contributed by atoms with van der Waals surface area (Å²) in [4.78, 5) is 46.3. The lowest BCUT2D eigenvalue weighted by Gasteiger charge is -2.28. The molecular formula is C24H33FN5O7PS2. The molecule has 1 amide bonds. The van der Waals surface area contributed by atoms with Crippen molar-refractivity contribution >= 4 is 53.3 Å². The van der Waals surface area contributed by atoms with E-state index in [0.29, 0.717) is 27.1 Å². The van der Waals surface area contributed by atoms with E-state index in [-0.39, 0.29) is 30.2 Å². The Morgan fingerprint density at radius 1 is 1.43 bits per heavy atom. The predicted molar refractivity (Wildman–Crippen MR) is 151 cm³/mol. The number of hydrogen-bond donors (Lipinski definition) is 3. The molecule has 2 aliphatic rings. The number of terminal acetylenes is 1. The number of fused-ring (bicyclic) bond motifs is 2. The highest BCUT2D eigenvalue weighted by Crippen LogP contribution is 2.37. The fraction of sp³-hybridized carbons (Fsp3) is 0.500. The molecule has 0 radical (unpaired) electrons. The first-order chi connectivity index (χ1) is 18.5. The number of aromatic nitrogens is 2. The molecule has 0 saturated carbocycles. The maximum atomic E-state index is 14.5. The van der Waals surface area contributed by atoms with Gasteiger partial charge in [-0.25, -0.2) is 9.38 Å². The number of amides is 1. The Morgan fingerprint density at radius 3 is 2.65 bits per heavy atom. The van der Waals surface area contributed by atoms with Crippen LogP contribution in [0.4, 0.5) is 15.8 Å². The minimum absolute atomic E-state index is 0.0964. The summed E-state index contributed by atoms with van der Waals surface area (Å²) in [7, 11) is -3.71. The molecule has 220 valence electrons. The highest BCUT2D eigenvalue weighted by molar-refractivity contribution is 7.94. The van der Waals surface area contributed by atoms with Gasteiger partial charge >= 0.3 is 5.97 Å². The molecule has 2 aliphatic heterocycles. The first kappa shape index (κ1) is 33.5. The van der Waals surface area contributed by atoms with Crippen molar-refractivity contribution in [2.75, 3.05) is 49.6 Å². The third-order valence-corrected chi connectivity index (χ3v) is 6.42. The number of benzene rings is 1. The van der Waals surface area contributed by atoms with Gasteiger partial charge in [-0.15, -0.1) is 6.42 Å². The number of carbonyl (C=O) groups is 2. The molecule has 0 fully saturated rings. The number of carboxylic acids is 1. The zero-order valence-electron chi connectivity index (χ0n) is 22.8. The lowest BCUT2D eigenvalue weighted by atomic mass is 9.92. The third-order valence-electron chi connectivity index (χ3n) is 5.02. The van der Waals surface area contributed by atoms with Crippen molar-refractivity contribution in [1.82, 2.24) is 14.3 Å². The first-order valence-electron chi connectivity index (χ1n) is 11.8. The number of aliphatic carboxylic acids is 1. The van der Waals surface area contributed by atoms with E-state index >= 15 is 0 Å². The Kier molecular flexibility index (Phi) is 11.9. The Bertz CT molecular complexity index is 1380. The second kappa shape index (κ2) is 14.2. The van der Waals surface area contributed by atoms with Crippen molar-refractivity contribution in [2.45, 2.75) is 26.8 Å². The number of rotatable bonds is 6. The highest BCUT2D eigenvalue weighted by atomic mass is 32.2. The molecule has 1 aromatic heterocycles. The lowest BCUT2D eigenvalue weighted by molar-refractivity contribution is -0.193. The monoisotopic (exact) mass is 617 g/mol. The molecule has 16 heteroatoms. The molecular weight excluding hydrogens is 584 g/mol. The van der Waals surface area contributed by atoms with E-state index in [1.54, 1.807) is 0 Å². The predicted octanol–water partition coefficient (Wildman–Crippen LogP) is 0.915. The second-order valence-electron chi connectivity index (χ2n) is 10.0. The normalized spacial score (nSPS) is 16.9. The van der Waals surface area contributed by atoms with Gasteiger partial charge in [-0.1, -0.05) is 19.8 Å². The van der Waals surface area contributed by atoms with E-state index in [0.717, 1.165) is 18.8 Å². The first-order valence-corrected chi connectivity index (χ1v) is 16.8. The lowest BCUT2D eigenvalue weighted by Crippen LogP contribution is -2.39. The van der Waals surface area contributed by atoms with Crippen molar-refractivity contribution in [1.29, 1.82) is 0 Å². The van der Waals surface area contributed by atoms with Crippen LogP contribution in [-0.2, 0) is 38.0 Å². The minimum atomic E-state index is -4.35. The van der Waals surface area contributed by atoms with Gasteiger partial charge in [0.05, 0.1) is 43.8 Å². The summed E-state index contributed by atoms with van der Waals surface area (Å²) in [6.45, 7) is 4.57. The summed E-state index contributed by atoms with van der Waals surface area (Å²) < 4.78 is 36.3. The average molecular weight is 618 g/mol. The van der Waals surface area contributed by atoms with Crippen molar-refractivity contribution in [3.63, 3.8) is 0 Å². The van der Waals surface area contributed by atoms with Gasteiger partial charge in [0.15, 0.2) is 12.4 Å². The van der Waals surface area contributed by atoms with Crippen molar-refractivity contribution in [3.8, 4) is 18.1 Å². The number of anilines is 1. The molecule has 0 bridgehead atoms. The van der Waals surface area contributed by atoms with E-state index in [1.807, 2.05) is 9.88 Å². The van der Waals surface area contributed by atoms with E-state index < -0.39 is 32.2 Å². The SMILES string of the molecule is C#CCN1C(=O)COc2cc(F)c(/N=c3\snc4n3CC(C)(C)C4)cc21.C[S+](C)C.O=C(O)CNCP(=O)([O-])O. The molecule has 0 spiro atoms. The van der Waals surface area contributed by atoms with Gasteiger partial charge in [-0.3, -0.25) is 19.8 Å². The second-order valence-corrected chi connectivity index (χ2v) is 14.8.